The molecule has 0 aliphatic carbocycles. The van der Waals surface area contributed by atoms with Gasteiger partial charge < -0.3 is 14.7 Å². The number of aromatic nitrogens is 1. The van der Waals surface area contributed by atoms with Crippen molar-refractivity contribution >= 4 is 22.7 Å². The number of anilines is 1. The Balaban J connectivity index is 1.86. The summed E-state index contributed by atoms with van der Waals surface area (Å²) < 4.78 is 5.72. The Bertz CT molecular complexity index is 681. The highest BCUT2D eigenvalue weighted by molar-refractivity contribution is 5.93. The molecule has 1 aromatic heterocycles. The maximum Gasteiger partial charge on any atom is 0.176 e. The van der Waals surface area contributed by atoms with Gasteiger partial charge in [0.25, 0.3) is 0 Å². The zero-order chi connectivity index (χ0) is 16.2. The van der Waals surface area contributed by atoms with Crippen LogP contribution >= 0.6 is 0 Å². The maximum absolute atomic E-state index is 5.72. The van der Waals surface area contributed by atoms with Crippen molar-refractivity contribution in [3.63, 3.8) is 0 Å². The van der Waals surface area contributed by atoms with Crippen molar-refractivity contribution < 1.29 is 4.52 Å². The van der Waals surface area contributed by atoms with Crippen molar-refractivity contribution in [1.29, 1.82) is 0 Å². The van der Waals surface area contributed by atoms with Crippen molar-refractivity contribution in [3.05, 3.63) is 29.5 Å². The number of hydrogen-bond acceptors (Lipinski definition) is 4. The van der Waals surface area contributed by atoms with Gasteiger partial charge in [-0.25, -0.2) is 0 Å². The lowest BCUT2D eigenvalue weighted by Crippen LogP contribution is -2.27. The first-order valence-electron chi connectivity index (χ1n) is 8.62. The summed E-state index contributed by atoms with van der Waals surface area (Å²) in [6.07, 6.45) is 8.94. The summed E-state index contributed by atoms with van der Waals surface area (Å²) in [5, 5.41) is 8.97. The summed E-state index contributed by atoms with van der Waals surface area (Å²) in [5.41, 5.74) is 4.30. The molecule has 1 N–H and O–H groups in total. The molecule has 0 amide bonds. The quantitative estimate of drug-likeness (QED) is 0.910. The third-order valence-electron chi connectivity index (χ3n) is 4.79. The molecule has 1 aromatic carbocycles. The number of aryl methyl sites for hydroxylation is 1. The highest BCUT2D eigenvalue weighted by Crippen LogP contribution is 2.32. The van der Waals surface area contributed by atoms with Crippen molar-refractivity contribution in [2.24, 2.45) is 5.92 Å². The lowest BCUT2D eigenvalue weighted by Gasteiger charge is -2.21. The van der Waals surface area contributed by atoms with Crippen LogP contribution in [-0.2, 0) is 6.42 Å². The highest BCUT2D eigenvalue weighted by atomic mass is 16.5. The molecule has 0 radical (unpaired) electrons. The van der Waals surface area contributed by atoms with E-state index in [-0.39, 0.29) is 0 Å². The molecule has 4 nitrogen and oxygen atoms in total. The minimum absolute atomic E-state index is 0.819. The molecule has 2 aromatic rings. The molecule has 0 atom stereocenters. The molecular formula is C19H27N3O. The van der Waals surface area contributed by atoms with Crippen LogP contribution in [-0.4, -0.2) is 32.3 Å². The standard InChI is InChI=1S/C19H27N3O/c1-4-5-16-18(22(2)3)9-7-15-17(21-23-19(15)16)8-6-14-10-12-20-13-11-14/h4-5,7,9,14,20H,6,8,10-13H2,1-3H3. The van der Waals surface area contributed by atoms with Gasteiger partial charge in [0, 0.05) is 30.7 Å². The van der Waals surface area contributed by atoms with Gasteiger partial charge in [0.2, 0.25) is 0 Å². The van der Waals surface area contributed by atoms with E-state index in [1.165, 1.54) is 19.3 Å². The van der Waals surface area contributed by atoms with E-state index in [0.717, 1.165) is 53.3 Å². The van der Waals surface area contributed by atoms with Crippen LogP contribution < -0.4 is 10.2 Å². The van der Waals surface area contributed by atoms with E-state index in [2.05, 4.69) is 53.8 Å². The van der Waals surface area contributed by atoms with E-state index in [1.807, 2.05) is 6.92 Å². The molecule has 1 fully saturated rings. The van der Waals surface area contributed by atoms with E-state index in [0.29, 0.717) is 0 Å². The molecule has 0 bridgehead atoms. The largest absolute Gasteiger partial charge is 0.377 e. The normalized spacial score (nSPS) is 16.5. The molecule has 0 saturated carbocycles. The summed E-state index contributed by atoms with van der Waals surface area (Å²) in [4.78, 5) is 2.12. The van der Waals surface area contributed by atoms with Crippen LogP contribution in [0.15, 0.2) is 22.7 Å². The van der Waals surface area contributed by atoms with Gasteiger partial charge in [-0.3, -0.25) is 0 Å². The van der Waals surface area contributed by atoms with Gasteiger partial charge in [-0.15, -0.1) is 0 Å². The van der Waals surface area contributed by atoms with E-state index < -0.39 is 0 Å². The number of allylic oxidation sites excluding steroid dienone is 1. The zero-order valence-corrected chi connectivity index (χ0v) is 14.4. The molecule has 3 rings (SSSR count). The van der Waals surface area contributed by atoms with Gasteiger partial charge in [0.15, 0.2) is 5.58 Å². The van der Waals surface area contributed by atoms with Crippen molar-refractivity contribution in [2.45, 2.75) is 32.6 Å². The van der Waals surface area contributed by atoms with Crippen LogP contribution in [0.2, 0.25) is 0 Å². The Morgan fingerprint density at radius 1 is 1.30 bits per heavy atom. The predicted molar refractivity (Wildman–Crippen MR) is 97.0 cm³/mol. The number of fused-ring (bicyclic) bond motifs is 1. The first-order valence-corrected chi connectivity index (χ1v) is 8.62. The predicted octanol–water partition coefficient (Wildman–Crippen LogP) is 3.86. The Labute approximate surface area is 138 Å². The summed E-state index contributed by atoms with van der Waals surface area (Å²) in [6.45, 7) is 4.34. The zero-order valence-electron chi connectivity index (χ0n) is 14.4. The number of nitrogens with one attached hydrogen (secondary N) is 1. The molecule has 124 valence electrons. The van der Waals surface area contributed by atoms with Crippen LogP contribution in [0.1, 0.15) is 37.4 Å². The van der Waals surface area contributed by atoms with E-state index in [1.54, 1.807) is 0 Å². The Morgan fingerprint density at radius 3 is 2.78 bits per heavy atom. The fraction of sp³-hybridized carbons (Fsp3) is 0.526. The molecule has 1 saturated heterocycles. The fourth-order valence-corrected chi connectivity index (χ4v) is 3.47. The van der Waals surface area contributed by atoms with Crippen LogP contribution in [0.3, 0.4) is 0 Å². The lowest BCUT2D eigenvalue weighted by atomic mass is 9.92. The van der Waals surface area contributed by atoms with Gasteiger partial charge in [-0.1, -0.05) is 17.3 Å². The van der Waals surface area contributed by atoms with Crippen LogP contribution in [0.25, 0.3) is 17.0 Å². The summed E-state index contributed by atoms with van der Waals surface area (Å²) in [6, 6.07) is 4.33. The topological polar surface area (TPSA) is 41.3 Å². The monoisotopic (exact) mass is 313 g/mol. The molecule has 1 aliphatic rings. The smallest absolute Gasteiger partial charge is 0.176 e. The van der Waals surface area contributed by atoms with Gasteiger partial charge in [-0.05, 0) is 63.7 Å². The minimum atomic E-state index is 0.819. The Kier molecular flexibility index (Phi) is 5.01. The van der Waals surface area contributed by atoms with Crippen LogP contribution in [0, 0.1) is 5.92 Å². The van der Waals surface area contributed by atoms with Gasteiger partial charge >= 0.3 is 0 Å². The Hall–Kier alpha value is -1.81. The van der Waals surface area contributed by atoms with Gasteiger partial charge in [-0.2, -0.15) is 0 Å². The lowest BCUT2D eigenvalue weighted by molar-refractivity contribution is 0.350. The highest BCUT2D eigenvalue weighted by Gasteiger charge is 2.18. The average molecular weight is 313 g/mol. The van der Waals surface area contributed by atoms with Gasteiger partial charge in [0.1, 0.15) is 0 Å². The van der Waals surface area contributed by atoms with Crippen LogP contribution in [0.4, 0.5) is 5.69 Å². The third-order valence-corrected chi connectivity index (χ3v) is 4.79. The molecule has 1 aliphatic heterocycles. The summed E-state index contributed by atoms with van der Waals surface area (Å²) >= 11 is 0. The molecular weight excluding hydrogens is 286 g/mol. The number of hydrogen-bond donors (Lipinski definition) is 1. The number of rotatable bonds is 5. The summed E-state index contributed by atoms with van der Waals surface area (Å²) in [7, 11) is 4.12. The minimum Gasteiger partial charge on any atom is -0.377 e. The third kappa shape index (κ3) is 3.42. The van der Waals surface area contributed by atoms with E-state index >= 15 is 0 Å². The van der Waals surface area contributed by atoms with Crippen LogP contribution in [0.5, 0.6) is 0 Å². The molecule has 0 spiro atoms. The number of benzene rings is 1. The van der Waals surface area contributed by atoms with Crippen molar-refractivity contribution in [2.75, 3.05) is 32.1 Å². The first kappa shape index (κ1) is 16.1. The molecule has 0 unspecified atom stereocenters. The summed E-state index contributed by atoms with van der Waals surface area (Å²) in [5.74, 6) is 0.819. The molecule has 4 heteroatoms. The number of piperidine rings is 1. The van der Waals surface area contributed by atoms with Crippen molar-refractivity contribution in [3.8, 4) is 0 Å². The second-order valence-electron chi connectivity index (χ2n) is 6.63. The maximum atomic E-state index is 5.72. The molecule has 2 heterocycles. The Morgan fingerprint density at radius 2 is 2.09 bits per heavy atom. The van der Waals surface area contributed by atoms with Crippen molar-refractivity contribution in [1.82, 2.24) is 10.5 Å². The fourth-order valence-electron chi connectivity index (χ4n) is 3.47. The van der Waals surface area contributed by atoms with E-state index in [4.69, 9.17) is 4.52 Å². The SMILES string of the molecule is CC=Cc1c(N(C)C)ccc2c(CCC3CCNCC3)noc12. The second-order valence-corrected chi connectivity index (χ2v) is 6.63. The average Bonchev–Trinajstić information content (AvgIpc) is 2.98. The van der Waals surface area contributed by atoms with E-state index in [9.17, 15) is 0 Å². The number of nitrogens with zero attached hydrogens (tertiary/aromatic N) is 2. The molecule has 23 heavy (non-hydrogen) atoms. The second kappa shape index (κ2) is 7.18. The first-order chi connectivity index (χ1) is 11.2. The van der Waals surface area contributed by atoms with Gasteiger partial charge in [0.05, 0.1) is 5.69 Å².